The molecule has 1 aliphatic carbocycles. The van der Waals surface area contributed by atoms with Crippen LogP contribution in [0.5, 0.6) is 0 Å². The van der Waals surface area contributed by atoms with E-state index in [0.29, 0.717) is 11.8 Å². The number of carbonyl (C=O) groups excluding carboxylic acids is 1. The summed E-state index contributed by atoms with van der Waals surface area (Å²) in [5.74, 6) is 1.05. The maximum Gasteiger partial charge on any atom is 0.320 e. The number of urea groups is 1. The quantitative estimate of drug-likeness (QED) is 0.729. The largest absolute Gasteiger partial charge is 0.322 e. The molecule has 1 saturated carbocycles. The molecule has 2 fully saturated rings. The van der Waals surface area contributed by atoms with Crippen LogP contribution in [0.4, 0.5) is 4.79 Å². The minimum atomic E-state index is 0.0283. The van der Waals surface area contributed by atoms with Crippen molar-refractivity contribution in [2.45, 2.75) is 77.3 Å². The lowest BCUT2D eigenvalue weighted by Gasteiger charge is -2.41. The average Bonchev–Trinajstić information content (AvgIpc) is 3.20. The number of aromatic nitrogens is 2. The summed E-state index contributed by atoms with van der Waals surface area (Å²) >= 11 is 0. The van der Waals surface area contributed by atoms with Crippen LogP contribution in [0.15, 0.2) is 6.20 Å². The molecule has 0 radical (unpaired) electrons. The Balaban J connectivity index is 1.62. The van der Waals surface area contributed by atoms with E-state index >= 15 is 0 Å². The first-order valence-electron chi connectivity index (χ1n) is 11.1. The van der Waals surface area contributed by atoms with E-state index in [9.17, 15) is 4.79 Å². The Morgan fingerprint density at radius 3 is 2.71 bits per heavy atom. The van der Waals surface area contributed by atoms with Crippen LogP contribution in [0.25, 0.3) is 0 Å². The van der Waals surface area contributed by atoms with Crippen molar-refractivity contribution in [2.75, 3.05) is 33.7 Å². The normalized spacial score (nSPS) is 25.7. The van der Waals surface area contributed by atoms with Gasteiger partial charge in [0.1, 0.15) is 0 Å². The minimum absolute atomic E-state index is 0.0283. The summed E-state index contributed by atoms with van der Waals surface area (Å²) in [5, 5.41) is 7.67. The van der Waals surface area contributed by atoms with Gasteiger partial charge in [-0.15, -0.1) is 0 Å². The number of carbonyl (C=O) groups is 1. The van der Waals surface area contributed by atoms with Crippen molar-refractivity contribution in [1.29, 1.82) is 0 Å². The molecule has 2 heterocycles. The number of hydrogen-bond donors (Lipinski definition) is 1. The zero-order valence-electron chi connectivity index (χ0n) is 18.5. The Labute approximate surface area is 170 Å². The summed E-state index contributed by atoms with van der Waals surface area (Å²) < 4.78 is 0. The number of rotatable bonds is 8. The fourth-order valence-corrected chi connectivity index (χ4v) is 5.06. The summed E-state index contributed by atoms with van der Waals surface area (Å²) in [7, 11) is 4.21. The highest BCUT2D eigenvalue weighted by molar-refractivity contribution is 5.78. The van der Waals surface area contributed by atoms with Gasteiger partial charge in [-0.05, 0) is 51.6 Å². The van der Waals surface area contributed by atoms with E-state index in [0.717, 1.165) is 51.9 Å². The van der Waals surface area contributed by atoms with E-state index in [-0.39, 0.29) is 11.6 Å². The number of H-pyrrole nitrogens is 1. The molecule has 2 aliphatic rings. The number of aromatic amines is 1. The van der Waals surface area contributed by atoms with Crippen LogP contribution >= 0.6 is 0 Å². The fraction of sp³-hybridized carbons (Fsp3) is 0.818. The average molecular weight is 390 g/mol. The van der Waals surface area contributed by atoms with Crippen LogP contribution in [-0.2, 0) is 6.54 Å². The molecule has 28 heavy (non-hydrogen) atoms. The molecule has 0 bridgehead atoms. The maximum atomic E-state index is 12.7. The summed E-state index contributed by atoms with van der Waals surface area (Å²) in [6.45, 7) is 10.5. The molecule has 0 aromatic carbocycles. The minimum Gasteiger partial charge on any atom is -0.322 e. The Hall–Kier alpha value is -1.56. The van der Waals surface area contributed by atoms with Gasteiger partial charge in [0.15, 0.2) is 0 Å². The zero-order valence-corrected chi connectivity index (χ0v) is 18.5. The van der Waals surface area contributed by atoms with E-state index in [1.807, 2.05) is 18.1 Å². The highest BCUT2D eigenvalue weighted by Gasteiger charge is 2.49. The van der Waals surface area contributed by atoms with Gasteiger partial charge in [0.05, 0.1) is 11.7 Å². The molecule has 158 valence electrons. The van der Waals surface area contributed by atoms with E-state index in [1.165, 1.54) is 24.1 Å². The van der Waals surface area contributed by atoms with Gasteiger partial charge in [0, 0.05) is 43.9 Å². The molecule has 2 amide bonds. The van der Waals surface area contributed by atoms with Crippen molar-refractivity contribution in [1.82, 2.24) is 24.9 Å². The Morgan fingerprint density at radius 2 is 2.07 bits per heavy atom. The summed E-state index contributed by atoms with van der Waals surface area (Å²) in [6, 6.07) is 0.215. The highest BCUT2D eigenvalue weighted by Crippen LogP contribution is 2.44. The number of nitrogens with zero attached hydrogens (tertiary/aromatic N) is 4. The predicted octanol–water partition coefficient (Wildman–Crippen LogP) is 4.06. The predicted molar refractivity (Wildman–Crippen MR) is 113 cm³/mol. The van der Waals surface area contributed by atoms with Gasteiger partial charge in [-0.2, -0.15) is 5.10 Å². The number of hydrogen-bond acceptors (Lipinski definition) is 3. The smallest absolute Gasteiger partial charge is 0.320 e. The number of unbranched alkanes of at least 4 members (excludes halogenated alkanes) is 1. The van der Waals surface area contributed by atoms with Crippen LogP contribution < -0.4 is 0 Å². The first-order valence-corrected chi connectivity index (χ1v) is 11.1. The van der Waals surface area contributed by atoms with Crippen LogP contribution in [0.2, 0.25) is 0 Å². The van der Waals surface area contributed by atoms with E-state index in [2.05, 4.69) is 47.8 Å². The van der Waals surface area contributed by atoms with Crippen LogP contribution in [-0.4, -0.2) is 70.2 Å². The Morgan fingerprint density at radius 1 is 1.36 bits per heavy atom. The van der Waals surface area contributed by atoms with E-state index in [1.54, 1.807) is 0 Å². The van der Waals surface area contributed by atoms with Crippen molar-refractivity contribution >= 4 is 6.03 Å². The molecule has 3 rings (SSSR count). The Bertz CT molecular complexity index is 647. The van der Waals surface area contributed by atoms with Crippen molar-refractivity contribution < 1.29 is 4.79 Å². The third kappa shape index (κ3) is 4.37. The lowest BCUT2D eigenvalue weighted by molar-refractivity contribution is 0.132. The molecule has 1 saturated heterocycles. The molecule has 1 N–H and O–H groups in total. The molecule has 0 unspecified atom stereocenters. The van der Waals surface area contributed by atoms with Gasteiger partial charge in [0.2, 0.25) is 0 Å². The van der Waals surface area contributed by atoms with Crippen LogP contribution in [0, 0.1) is 5.92 Å². The monoisotopic (exact) mass is 389 g/mol. The number of nitrogens with one attached hydrogen (secondary N) is 1. The molecule has 1 aromatic heterocycles. The fourth-order valence-electron chi connectivity index (χ4n) is 5.06. The SMILES string of the molecule is CCCCN(C)Cc1cn[nH]c1C1CCC2(CC1)CN(CC(C)C)C(=O)N2C. The molecule has 1 spiro atoms. The number of amides is 2. The van der Waals surface area contributed by atoms with Crippen molar-refractivity contribution in [2.24, 2.45) is 5.92 Å². The van der Waals surface area contributed by atoms with E-state index < -0.39 is 0 Å². The molecule has 6 heteroatoms. The van der Waals surface area contributed by atoms with Gasteiger partial charge in [-0.3, -0.25) is 5.10 Å². The zero-order chi connectivity index (χ0) is 20.3. The molecule has 1 aliphatic heterocycles. The standard InChI is InChI=1S/C22H39N5O/c1-6-7-12-25(4)15-19-13-23-24-20(19)18-8-10-22(11-9-18)16-27(14-17(2)3)21(28)26(22)5/h13,17-18H,6-12,14-16H2,1-5H3,(H,23,24). The topological polar surface area (TPSA) is 55.5 Å². The summed E-state index contributed by atoms with van der Waals surface area (Å²) in [4.78, 5) is 19.2. The van der Waals surface area contributed by atoms with Crippen molar-refractivity contribution in [3.05, 3.63) is 17.5 Å². The van der Waals surface area contributed by atoms with Gasteiger partial charge in [0.25, 0.3) is 0 Å². The van der Waals surface area contributed by atoms with Gasteiger partial charge in [-0.25, -0.2) is 4.79 Å². The number of likely N-dealkylation sites (N-methyl/N-ethyl adjacent to an activating group) is 1. The second kappa shape index (κ2) is 8.85. The first kappa shape index (κ1) is 21.2. The molecular formula is C22H39N5O. The summed E-state index contributed by atoms with van der Waals surface area (Å²) in [6.07, 6.45) is 8.90. The third-order valence-electron chi connectivity index (χ3n) is 6.75. The third-order valence-corrected chi connectivity index (χ3v) is 6.75. The lowest BCUT2D eigenvalue weighted by atomic mass is 9.74. The van der Waals surface area contributed by atoms with Gasteiger partial charge < -0.3 is 14.7 Å². The molecular weight excluding hydrogens is 350 g/mol. The van der Waals surface area contributed by atoms with Crippen LogP contribution in [0.1, 0.15) is 76.5 Å². The summed E-state index contributed by atoms with van der Waals surface area (Å²) in [5.41, 5.74) is 2.70. The molecule has 6 nitrogen and oxygen atoms in total. The first-order chi connectivity index (χ1) is 13.4. The second-order valence-electron chi connectivity index (χ2n) is 9.51. The lowest BCUT2D eigenvalue weighted by Crippen LogP contribution is -2.47. The molecule has 0 atom stereocenters. The second-order valence-corrected chi connectivity index (χ2v) is 9.51. The van der Waals surface area contributed by atoms with Gasteiger partial charge in [-0.1, -0.05) is 27.2 Å². The highest BCUT2D eigenvalue weighted by atomic mass is 16.2. The van der Waals surface area contributed by atoms with E-state index in [4.69, 9.17) is 0 Å². The van der Waals surface area contributed by atoms with Crippen molar-refractivity contribution in [3.63, 3.8) is 0 Å². The Kier molecular flexibility index (Phi) is 6.69. The molecule has 1 aromatic rings. The van der Waals surface area contributed by atoms with Crippen molar-refractivity contribution in [3.8, 4) is 0 Å². The van der Waals surface area contributed by atoms with Gasteiger partial charge >= 0.3 is 6.03 Å². The maximum absolute atomic E-state index is 12.7. The van der Waals surface area contributed by atoms with Crippen LogP contribution in [0.3, 0.4) is 0 Å².